The first kappa shape index (κ1) is 14.1. The Balaban J connectivity index is 1.99. The van der Waals surface area contributed by atoms with Crippen LogP contribution in [0, 0.1) is 6.92 Å². The first-order chi connectivity index (χ1) is 9.10. The molecule has 0 bridgehead atoms. The Morgan fingerprint density at radius 2 is 2.00 bits per heavy atom. The van der Waals surface area contributed by atoms with Gasteiger partial charge in [-0.05, 0) is 42.7 Å². The van der Waals surface area contributed by atoms with Crippen molar-refractivity contribution < 1.29 is 4.79 Å². The molecule has 19 heavy (non-hydrogen) atoms. The van der Waals surface area contributed by atoms with Crippen molar-refractivity contribution in [2.75, 3.05) is 0 Å². The van der Waals surface area contributed by atoms with E-state index in [1.807, 2.05) is 30.3 Å². The zero-order chi connectivity index (χ0) is 13.8. The smallest absolute Gasteiger partial charge is 0.261 e. The summed E-state index contributed by atoms with van der Waals surface area (Å²) in [7, 11) is 0. The van der Waals surface area contributed by atoms with Gasteiger partial charge in [-0.2, -0.15) is 0 Å². The Morgan fingerprint density at radius 3 is 2.58 bits per heavy atom. The molecule has 0 spiro atoms. The first-order valence-corrected chi connectivity index (χ1v) is 7.41. The fraction of sp³-hybridized carbons (Fsp3) is 0.267. The van der Waals surface area contributed by atoms with Gasteiger partial charge in [-0.25, -0.2) is 0 Å². The van der Waals surface area contributed by atoms with Gasteiger partial charge in [0, 0.05) is 16.4 Å². The highest BCUT2D eigenvalue weighted by Crippen LogP contribution is 2.22. The molecule has 0 aliphatic heterocycles. The average molecular weight is 294 g/mol. The molecule has 0 fully saturated rings. The number of amides is 1. The topological polar surface area (TPSA) is 29.1 Å². The van der Waals surface area contributed by atoms with Gasteiger partial charge in [0.15, 0.2) is 0 Å². The van der Waals surface area contributed by atoms with Gasteiger partial charge in [0.1, 0.15) is 0 Å². The number of hydrogen-bond acceptors (Lipinski definition) is 2. The van der Waals surface area contributed by atoms with Crippen LogP contribution in [0.1, 0.15) is 32.6 Å². The van der Waals surface area contributed by atoms with Crippen LogP contribution in [0.3, 0.4) is 0 Å². The summed E-state index contributed by atoms with van der Waals surface area (Å²) in [6, 6.07) is 9.47. The molecule has 1 aromatic heterocycles. The molecule has 0 aliphatic rings. The third-order valence-electron chi connectivity index (χ3n) is 2.99. The predicted molar refractivity (Wildman–Crippen MR) is 81.1 cm³/mol. The normalized spacial score (nSPS) is 10.5. The van der Waals surface area contributed by atoms with Gasteiger partial charge < -0.3 is 5.32 Å². The molecular formula is C15H16ClNOS. The predicted octanol–water partition coefficient (Wildman–Crippen LogP) is 4.20. The van der Waals surface area contributed by atoms with Gasteiger partial charge in [-0.3, -0.25) is 4.79 Å². The van der Waals surface area contributed by atoms with Crippen molar-refractivity contribution >= 4 is 28.8 Å². The van der Waals surface area contributed by atoms with Gasteiger partial charge in [-0.1, -0.05) is 30.7 Å². The molecule has 1 amide bonds. The fourth-order valence-electron chi connectivity index (χ4n) is 1.85. The van der Waals surface area contributed by atoms with Crippen LogP contribution in [0.4, 0.5) is 0 Å². The summed E-state index contributed by atoms with van der Waals surface area (Å²) in [5.74, 6) is -0.0113. The second-order valence-corrected chi connectivity index (χ2v) is 6.05. The molecule has 4 heteroatoms. The Hall–Kier alpha value is -1.32. The lowest BCUT2D eigenvalue weighted by atomic mass is 10.2. The zero-order valence-electron chi connectivity index (χ0n) is 11.0. The number of thiophene rings is 1. The summed E-state index contributed by atoms with van der Waals surface area (Å²) in [6.45, 7) is 4.68. The van der Waals surface area contributed by atoms with E-state index < -0.39 is 0 Å². The number of hydrogen-bond donors (Lipinski definition) is 1. The van der Waals surface area contributed by atoms with Crippen LogP contribution in [0.5, 0.6) is 0 Å². The second-order valence-electron chi connectivity index (χ2n) is 4.35. The Kier molecular flexibility index (Phi) is 4.61. The second kappa shape index (κ2) is 6.22. The number of nitrogens with one attached hydrogen (secondary N) is 1. The largest absolute Gasteiger partial charge is 0.347 e. The third kappa shape index (κ3) is 3.58. The standard InChI is InChI=1S/C15H16ClNOS/c1-3-12-8-14(19-10(12)2)15(18)17-9-11-4-6-13(16)7-5-11/h4-8H,3,9H2,1-2H3,(H,17,18). The molecule has 0 unspecified atom stereocenters. The highest BCUT2D eigenvalue weighted by Gasteiger charge is 2.11. The molecule has 2 rings (SSSR count). The number of carbonyl (C=O) groups is 1. The van der Waals surface area contributed by atoms with Crippen LogP contribution in [-0.4, -0.2) is 5.91 Å². The lowest BCUT2D eigenvalue weighted by Crippen LogP contribution is -2.21. The molecule has 0 saturated carbocycles. The van der Waals surface area contributed by atoms with E-state index in [9.17, 15) is 4.79 Å². The van der Waals surface area contributed by atoms with Gasteiger partial charge in [0.05, 0.1) is 4.88 Å². The summed E-state index contributed by atoms with van der Waals surface area (Å²) in [5, 5.41) is 3.63. The minimum atomic E-state index is -0.0113. The highest BCUT2D eigenvalue weighted by molar-refractivity contribution is 7.14. The SMILES string of the molecule is CCc1cc(C(=O)NCc2ccc(Cl)cc2)sc1C. The lowest BCUT2D eigenvalue weighted by Gasteiger charge is -2.03. The van der Waals surface area contributed by atoms with Crippen LogP contribution in [0.25, 0.3) is 0 Å². The number of rotatable bonds is 4. The minimum absolute atomic E-state index is 0.0113. The van der Waals surface area contributed by atoms with Crippen molar-refractivity contribution in [3.63, 3.8) is 0 Å². The fourth-order valence-corrected chi connectivity index (χ4v) is 3.01. The quantitative estimate of drug-likeness (QED) is 0.899. The van der Waals surface area contributed by atoms with Crippen LogP contribution < -0.4 is 5.32 Å². The monoisotopic (exact) mass is 293 g/mol. The van der Waals surface area contributed by atoms with Gasteiger partial charge >= 0.3 is 0 Å². The van der Waals surface area contributed by atoms with Crippen LogP contribution in [0.2, 0.25) is 5.02 Å². The molecule has 1 N–H and O–H groups in total. The van der Waals surface area contributed by atoms with Crippen LogP contribution in [-0.2, 0) is 13.0 Å². The van der Waals surface area contributed by atoms with E-state index in [4.69, 9.17) is 11.6 Å². The van der Waals surface area contributed by atoms with E-state index in [1.165, 1.54) is 10.4 Å². The highest BCUT2D eigenvalue weighted by atomic mass is 35.5. The number of carbonyl (C=O) groups excluding carboxylic acids is 1. The van der Waals surface area contributed by atoms with E-state index in [2.05, 4.69) is 19.2 Å². The molecule has 1 aromatic carbocycles. The maximum absolute atomic E-state index is 12.0. The van der Waals surface area contributed by atoms with E-state index >= 15 is 0 Å². The van der Waals surface area contributed by atoms with Crippen molar-refractivity contribution in [3.05, 3.63) is 56.2 Å². The first-order valence-electron chi connectivity index (χ1n) is 6.22. The minimum Gasteiger partial charge on any atom is -0.347 e. The van der Waals surface area contributed by atoms with Crippen molar-refractivity contribution in [1.29, 1.82) is 0 Å². The van der Waals surface area contributed by atoms with Crippen molar-refractivity contribution in [2.45, 2.75) is 26.8 Å². The molecule has 2 nitrogen and oxygen atoms in total. The molecular weight excluding hydrogens is 278 g/mol. The van der Waals surface area contributed by atoms with Gasteiger partial charge in [0.2, 0.25) is 0 Å². The molecule has 100 valence electrons. The average Bonchev–Trinajstić information content (AvgIpc) is 2.79. The molecule has 1 heterocycles. The zero-order valence-corrected chi connectivity index (χ0v) is 12.6. The van der Waals surface area contributed by atoms with Gasteiger partial charge in [0.25, 0.3) is 5.91 Å². The maximum atomic E-state index is 12.0. The van der Waals surface area contributed by atoms with Crippen LogP contribution in [0.15, 0.2) is 30.3 Å². The molecule has 2 aromatic rings. The van der Waals surface area contributed by atoms with E-state index in [0.717, 1.165) is 16.9 Å². The molecule has 0 atom stereocenters. The lowest BCUT2D eigenvalue weighted by molar-refractivity contribution is 0.0955. The number of aryl methyl sites for hydroxylation is 2. The van der Waals surface area contributed by atoms with E-state index in [1.54, 1.807) is 11.3 Å². The summed E-state index contributed by atoms with van der Waals surface area (Å²) in [6.07, 6.45) is 0.965. The molecule has 0 aliphatic carbocycles. The van der Waals surface area contributed by atoms with Crippen LogP contribution >= 0.6 is 22.9 Å². The summed E-state index contributed by atoms with van der Waals surface area (Å²) in [5.41, 5.74) is 2.29. The maximum Gasteiger partial charge on any atom is 0.261 e. The van der Waals surface area contributed by atoms with Crippen molar-refractivity contribution in [3.8, 4) is 0 Å². The molecule has 0 radical (unpaired) electrons. The Labute approximate surface area is 122 Å². The summed E-state index contributed by atoms with van der Waals surface area (Å²) in [4.78, 5) is 14.0. The van der Waals surface area contributed by atoms with E-state index in [0.29, 0.717) is 11.6 Å². The van der Waals surface area contributed by atoms with Crippen molar-refractivity contribution in [1.82, 2.24) is 5.32 Å². The summed E-state index contributed by atoms with van der Waals surface area (Å²) >= 11 is 7.37. The summed E-state index contributed by atoms with van der Waals surface area (Å²) < 4.78 is 0. The Bertz CT molecular complexity index is 574. The van der Waals surface area contributed by atoms with E-state index in [-0.39, 0.29) is 5.91 Å². The molecule has 0 saturated heterocycles. The van der Waals surface area contributed by atoms with Gasteiger partial charge in [-0.15, -0.1) is 11.3 Å². The third-order valence-corrected chi connectivity index (χ3v) is 4.34. The van der Waals surface area contributed by atoms with Crippen molar-refractivity contribution in [2.24, 2.45) is 0 Å². The Morgan fingerprint density at radius 1 is 1.32 bits per heavy atom. The number of benzene rings is 1. The number of halogens is 1.